The quantitative estimate of drug-likeness (QED) is 0.622. The van der Waals surface area contributed by atoms with Crippen molar-refractivity contribution < 1.29 is 19.1 Å². The van der Waals surface area contributed by atoms with Crippen LogP contribution in [0, 0.1) is 13.8 Å². The van der Waals surface area contributed by atoms with Crippen LogP contribution >= 0.6 is 0 Å². The van der Waals surface area contributed by atoms with E-state index in [0.29, 0.717) is 5.69 Å². The first-order valence-electron chi connectivity index (χ1n) is 6.19. The Hall–Kier alpha value is -1.92. The largest absolute Gasteiger partial charge is 0.354 e. The summed E-state index contributed by atoms with van der Waals surface area (Å²) in [5.41, 5.74) is 2.62. The standard InChI is InChI=1S/C14H20N2O4/c1-9-5-10(2)7-11(6-9)16-14(18)13(17)15-8-12(19-3)20-4/h5-7,12H,8H2,1-4H3,(H,15,17)(H,16,18). The molecule has 0 saturated heterocycles. The zero-order valence-corrected chi connectivity index (χ0v) is 12.1. The molecule has 0 aliphatic carbocycles. The van der Waals surface area contributed by atoms with Crippen LogP contribution < -0.4 is 10.6 Å². The molecule has 6 heteroatoms. The van der Waals surface area contributed by atoms with E-state index in [1.54, 1.807) is 12.1 Å². The summed E-state index contributed by atoms with van der Waals surface area (Å²) in [6.45, 7) is 3.95. The molecule has 0 atom stereocenters. The molecule has 0 heterocycles. The second kappa shape index (κ2) is 7.62. The van der Waals surface area contributed by atoms with Gasteiger partial charge in [0.1, 0.15) is 0 Å². The third-order valence-corrected chi connectivity index (χ3v) is 2.64. The van der Waals surface area contributed by atoms with Crippen LogP contribution in [-0.4, -0.2) is 38.9 Å². The van der Waals surface area contributed by atoms with Gasteiger partial charge in [-0.25, -0.2) is 0 Å². The van der Waals surface area contributed by atoms with Crippen molar-refractivity contribution in [2.75, 3.05) is 26.1 Å². The number of hydrogen-bond acceptors (Lipinski definition) is 4. The van der Waals surface area contributed by atoms with Gasteiger partial charge < -0.3 is 20.1 Å². The van der Waals surface area contributed by atoms with Crippen molar-refractivity contribution in [2.24, 2.45) is 0 Å². The van der Waals surface area contributed by atoms with Crippen LogP contribution in [0.4, 0.5) is 5.69 Å². The Morgan fingerprint density at radius 1 is 1.05 bits per heavy atom. The van der Waals surface area contributed by atoms with Crippen molar-refractivity contribution in [3.8, 4) is 0 Å². The van der Waals surface area contributed by atoms with Gasteiger partial charge in [-0.15, -0.1) is 0 Å². The summed E-state index contributed by atoms with van der Waals surface area (Å²) in [5, 5.41) is 4.98. The zero-order valence-electron chi connectivity index (χ0n) is 12.1. The lowest BCUT2D eigenvalue weighted by atomic mass is 10.1. The van der Waals surface area contributed by atoms with Gasteiger partial charge in [-0.05, 0) is 37.1 Å². The van der Waals surface area contributed by atoms with Crippen molar-refractivity contribution in [2.45, 2.75) is 20.1 Å². The van der Waals surface area contributed by atoms with E-state index in [1.807, 2.05) is 19.9 Å². The third-order valence-electron chi connectivity index (χ3n) is 2.64. The van der Waals surface area contributed by atoms with Crippen LogP contribution in [0.25, 0.3) is 0 Å². The molecule has 0 saturated carbocycles. The van der Waals surface area contributed by atoms with Gasteiger partial charge in [0.05, 0.1) is 6.54 Å². The second-order valence-electron chi connectivity index (χ2n) is 4.44. The normalized spacial score (nSPS) is 10.4. The molecular weight excluding hydrogens is 260 g/mol. The van der Waals surface area contributed by atoms with E-state index in [0.717, 1.165) is 11.1 Å². The van der Waals surface area contributed by atoms with E-state index in [9.17, 15) is 9.59 Å². The summed E-state index contributed by atoms with van der Waals surface area (Å²) in [5.74, 6) is -1.45. The number of amides is 2. The van der Waals surface area contributed by atoms with Crippen LogP contribution in [0.3, 0.4) is 0 Å². The average molecular weight is 280 g/mol. The Kier molecular flexibility index (Phi) is 6.14. The van der Waals surface area contributed by atoms with Crippen LogP contribution in [0.2, 0.25) is 0 Å². The molecule has 20 heavy (non-hydrogen) atoms. The minimum atomic E-state index is -0.733. The van der Waals surface area contributed by atoms with Crippen molar-refractivity contribution in [3.05, 3.63) is 29.3 Å². The number of carbonyl (C=O) groups excluding carboxylic acids is 2. The number of methoxy groups -OCH3 is 2. The van der Waals surface area contributed by atoms with Crippen molar-refractivity contribution in [3.63, 3.8) is 0 Å². The molecule has 0 spiro atoms. The lowest BCUT2D eigenvalue weighted by Crippen LogP contribution is -2.40. The fourth-order valence-electron chi connectivity index (χ4n) is 1.75. The van der Waals surface area contributed by atoms with Gasteiger partial charge in [-0.1, -0.05) is 6.07 Å². The number of benzene rings is 1. The molecule has 0 aliphatic rings. The maximum atomic E-state index is 11.7. The highest BCUT2D eigenvalue weighted by Gasteiger charge is 2.15. The van der Waals surface area contributed by atoms with E-state index < -0.39 is 18.1 Å². The number of carbonyl (C=O) groups is 2. The molecule has 1 rings (SSSR count). The van der Waals surface area contributed by atoms with Gasteiger partial charge >= 0.3 is 11.8 Å². The van der Waals surface area contributed by atoms with E-state index in [-0.39, 0.29) is 6.54 Å². The molecule has 0 radical (unpaired) electrons. The number of ether oxygens (including phenoxy) is 2. The Labute approximate surface area is 118 Å². The molecule has 1 aromatic rings. The van der Waals surface area contributed by atoms with Gasteiger partial charge in [-0.2, -0.15) is 0 Å². The number of rotatable bonds is 5. The summed E-state index contributed by atoms with van der Waals surface area (Å²) in [7, 11) is 2.91. The van der Waals surface area contributed by atoms with Gasteiger partial charge in [0.2, 0.25) is 0 Å². The molecule has 0 bridgehead atoms. The summed E-state index contributed by atoms with van der Waals surface area (Å²) in [6, 6.07) is 5.58. The van der Waals surface area contributed by atoms with Crippen LogP contribution in [0.1, 0.15) is 11.1 Å². The van der Waals surface area contributed by atoms with Crippen LogP contribution in [0.5, 0.6) is 0 Å². The molecule has 1 aromatic carbocycles. The molecule has 0 unspecified atom stereocenters. The lowest BCUT2D eigenvalue weighted by Gasteiger charge is -2.14. The number of nitrogens with one attached hydrogen (secondary N) is 2. The van der Waals surface area contributed by atoms with Crippen molar-refractivity contribution >= 4 is 17.5 Å². The molecule has 2 N–H and O–H groups in total. The first-order chi connectivity index (χ1) is 9.46. The maximum Gasteiger partial charge on any atom is 0.313 e. The predicted molar refractivity (Wildman–Crippen MR) is 75.4 cm³/mol. The van der Waals surface area contributed by atoms with E-state index in [2.05, 4.69) is 10.6 Å². The van der Waals surface area contributed by atoms with E-state index >= 15 is 0 Å². The maximum absolute atomic E-state index is 11.7. The number of anilines is 1. The van der Waals surface area contributed by atoms with Crippen molar-refractivity contribution in [1.82, 2.24) is 5.32 Å². The van der Waals surface area contributed by atoms with Gasteiger partial charge in [-0.3, -0.25) is 9.59 Å². The van der Waals surface area contributed by atoms with Crippen molar-refractivity contribution in [1.29, 1.82) is 0 Å². The van der Waals surface area contributed by atoms with Gasteiger partial charge in [0, 0.05) is 19.9 Å². The molecule has 2 amide bonds. The van der Waals surface area contributed by atoms with Crippen LogP contribution in [-0.2, 0) is 19.1 Å². The lowest BCUT2D eigenvalue weighted by molar-refractivity contribution is -0.139. The second-order valence-corrected chi connectivity index (χ2v) is 4.44. The van der Waals surface area contributed by atoms with Gasteiger partial charge in [0.25, 0.3) is 0 Å². The smallest absolute Gasteiger partial charge is 0.313 e. The molecular formula is C14H20N2O4. The van der Waals surface area contributed by atoms with E-state index in [4.69, 9.17) is 9.47 Å². The minimum Gasteiger partial charge on any atom is -0.354 e. The Balaban J connectivity index is 2.55. The highest BCUT2D eigenvalue weighted by molar-refractivity contribution is 6.39. The summed E-state index contributed by atoms with van der Waals surface area (Å²) < 4.78 is 9.82. The fraction of sp³-hybridized carbons (Fsp3) is 0.429. The Bertz CT molecular complexity index is 464. The Morgan fingerprint density at radius 3 is 2.10 bits per heavy atom. The molecule has 110 valence electrons. The number of aryl methyl sites for hydroxylation is 2. The van der Waals surface area contributed by atoms with Crippen LogP contribution in [0.15, 0.2) is 18.2 Å². The highest BCUT2D eigenvalue weighted by atomic mass is 16.7. The van der Waals surface area contributed by atoms with Gasteiger partial charge in [0.15, 0.2) is 6.29 Å². The fourth-order valence-corrected chi connectivity index (χ4v) is 1.75. The Morgan fingerprint density at radius 2 is 1.60 bits per heavy atom. The topological polar surface area (TPSA) is 76.7 Å². The molecule has 0 aromatic heterocycles. The number of hydrogen-bond donors (Lipinski definition) is 2. The highest BCUT2D eigenvalue weighted by Crippen LogP contribution is 2.13. The van der Waals surface area contributed by atoms with E-state index in [1.165, 1.54) is 14.2 Å². The molecule has 0 fully saturated rings. The summed E-state index contributed by atoms with van der Waals surface area (Å²) >= 11 is 0. The predicted octanol–water partition coefficient (Wildman–Crippen LogP) is 0.977. The molecule has 0 aliphatic heterocycles. The SMILES string of the molecule is COC(CNC(=O)C(=O)Nc1cc(C)cc(C)c1)OC. The first-order valence-corrected chi connectivity index (χ1v) is 6.19. The third kappa shape index (κ3) is 4.99. The zero-order chi connectivity index (χ0) is 15.1. The molecule has 6 nitrogen and oxygen atoms in total. The average Bonchev–Trinajstić information content (AvgIpc) is 2.38. The minimum absolute atomic E-state index is 0.103. The monoisotopic (exact) mass is 280 g/mol. The summed E-state index contributed by atoms with van der Waals surface area (Å²) in [6.07, 6.45) is -0.576. The first kappa shape index (κ1) is 16.1. The summed E-state index contributed by atoms with van der Waals surface area (Å²) in [4.78, 5) is 23.3.